The van der Waals surface area contributed by atoms with Crippen molar-refractivity contribution in [1.82, 2.24) is 14.8 Å². The Morgan fingerprint density at radius 2 is 1.87 bits per heavy atom. The summed E-state index contributed by atoms with van der Waals surface area (Å²) >= 11 is 0. The molecule has 1 aliphatic rings. The van der Waals surface area contributed by atoms with Crippen molar-refractivity contribution in [2.75, 3.05) is 24.4 Å². The van der Waals surface area contributed by atoms with Gasteiger partial charge in [-0.3, -0.25) is 4.90 Å². The van der Waals surface area contributed by atoms with E-state index in [9.17, 15) is 4.79 Å². The van der Waals surface area contributed by atoms with Gasteiger partial charge in [-0.25, -0.2) is 14.5 Å². The lowest BCUT2D eigenvalue weighted by Crippen LogP contribution is -2.35. The van der Waals surface area contributed by atoms with Crippen LogP contribution in [0.25, 0.3) is 0 Å². The number of carbonyl (C=O) groups is 1. The molecule has 0 unspecified atom stereocenters. The third kappa shape index (κ3) is 4.96. The van der Waals surface area contributed by atoms with E-state index >= 15 is 0 Å². The molecule has 31 heavy (non-hydrogen) atoms. The predicted octanol–water partition coefficient (Wildman–Crippen LogP) is 4.26. The Kier molecular flexibility index (Phi) is 6.35. The fourth-order valence-corrected chi connectivity index (χ4v) is 3.64. The lowest BCUT2D eigenvalue weighted by atomic mass is 10.2. The topological polar surface area (TPSA) is 81.5 Å². The molecule has 4 rings (SSSR count). The highest BCUT2D eigenvalue weighted by Gasteiger charge is 2.21. The molecule has 0 saturated heterocycles. The number of carbonyl (C=O) groups excluding carboxylic acids is 1. The van der Waals surface area contributed by atoms with Crippen LogP contribution >= 0.6 is 0 Å². The van der Waals surface area contributed by atoms with Gasteiger partial charge >= 0.3 is 6.03 Å². The van der Waals surface area contributed by atoms with Crippen molar-refractivity contribution < 1.29 is 14.3 Å². The molecule has 0 aliphatic carbocycles. The first kappa shape index (κ1) is 20.7. The van der Waals surface area contributed by atoms with Gasteiger partial charge in [0.25, 0.3) is 0 Å². The molecule has 2 heterocycles. The largest absolute Gasteiger partial charge is 0.497 e. The number of rotatable bonds is 6. The van der Waals surface area contributed by atoms with Crippen LogP contribution < -0.4 is 19.7 Å². The van der Waals surface area contributed by atoms with Crippen LogP contribution in [0.1, 0.15) is 30.9 Å². The second-order valence-electron chi connectivity index (χ2n) is 7.42. The number of hydrogen-bond donors (Lipinski definition) is 1. The maximum Gasteiger partial charge on any atom is 0.326 e. The number of ether oxygens (including phenoxy) is 2. The summed E-state index contributed by atoms with van der Waals surface area (Å²) < 4.78 is 12.5. The molecule has 0 fully saturated rings. The number of fused-ring (bicyclic) bond motifs is 1. The molecule has 8 nitrogen and oxygen atoms in total. The average molecular weight is 422 g/mol. The van der Waals surface area contributed by atoms with Gasteiger partial charge in [0.05, 0.1) is 20.8 Å². The lowest BCUT2D eigenvalue weighted by Gasteiger charge is -2.22. The summed E-state index contributed by atoms with van der Waals surface area (Å²) in [4.78, 5) is 19.6. The van der Waals surface area contributed by atoms with Crippen LogP contribution in [0.5, 0.6) is 11.5 Å². The summed E-state index contributed by atoms with van der Waals surface area (Å²) in [6.45, 7) is 1.13. The van der Waals surface area contributed by atoms with E-state index in [1.165, 1.54) is 6.42 Å². The van der Waals surface area contributed by atoms with Crippen molar-refractivity contribution in [3.05, 3.63) is 60.2 Å². The number of amides is 2. The van der Waals surface area contributed by atoms with Crippen molar-refractivity contribution in [3.63, 3.8) is 0 Å². The van der Waals surface area contributed by atoms with Gasteiger partial charge in [0.1, 0.15) is 17.3 Å². The fraction of sp³-hybridized carbons (Fsp3) is 0.348. The standard InChI is InChI=1S/C23H27N5O3/c1-30-19-12-10-17(11-13-19)24-23(29)27(18-7-6-8-20(15-18)31-2)16-21-25-22-9-4-3-5-14-28(22)26-21/h6-8,10-13,15H,3-5,9,14,16H2,1-2H3,(H,24,29). The summed E-state index contributed by atoms with van der Waals surface area (Å²) in [5, 5.41) is 7.62. The number of nitrogens with one attached hydrogen (secondary N) is 1. The Bertz CT molecular complexity index is 1010. The van der Waals surface area contributed by atoms with Crippen LogP contribution in [0.15, 0.2) is 48.5 Å². The van der Waals surface area contributed by atoms with Crippen molar-refractivity contribution in [3.8, 4) is 11.5 Å². The summed E-state index contributed by atoms with van der Waals surface area (Å²) in [6, 6.07) is 14.3. The fourth-order valence-electron chi connectivity index (χ4n) is 3.64. The third-order valence-electron chi connectivity index (χ3n) is 5.31. The molecular formula is C23H27N5O3. The molecule has 0 radical (unpaired) electrons. The Morgan fingerprint density at radius 3 is 2.65 bits per heavy atom. The monoisotopic (exact) mass is 421 g/mol. The molecule has 1 N–H and O–H groups in total. The molecule has 0 bridgehead atoms. The van der Waals surface area contributed by atoms with E-state index in [4.69, 9.17) is 14.5 Å². The quantitative estimate of drug-likeness (QED) is 0.643. The molecule has 8 heteroatoms. The number of anilines is 2. The number of aromatic nitrogens is 3. The summed E-state index contributed by atoms with van der Waals surface area (Å²) in [5.41, 5.74) is 1.38. The lowest BCUT2D eigenvalue weighted by molar-refractivity contribution is 0.256. The maximum absolute atomic E-state index is 13.3. The molecule has 0 atom stereocenters. The maximum atomic E-state index is 13.3. The van der Waals surface area contributed by atoms with Crippen molar-refractivity contribution in [1.29, 1.82) is 0 Å². The van der Waals surface area contributed by atoms with E-state index < -0.39 is 0 Å². The first-order valence-electron chi connectivity index (χ1n) is 10.5. The van der Waals surface area contributed by atoms with E-state index in [0.717, 1.165) is 37.4 Å². The molecule has 0 saturated carbocycles. The van der Waals surface area contributed by atoms with Gasteiger partial charge in [-0.1, -0.05) is 12.5 Å². The van der Waals surface area contributed by atoms with Crippen LogP contribution in [0.3, 0.4) is 0 Å². The van der Waals surface area contributed by atoms with Crippen LogP contribution in [-0.4, -0.2) is 35.0 Å². The Labute approximate surface area is 181 Å². The SMILES string of the molecule is COc1ccc(NC(=O)N(Cc2nc3n(n2)CCCCC3)c2cccc(OC)c2)cc1. The molecular weight excluding hydrogens is 394 g/mol. The molecule has 3 aromatic rings. The Morgan fingerprint density at radius 1 is 1.06 bits per heavy atom. The van der Waals surface area contributed by atoms with Gasteiger partial charge in [0, 0.05) is 30.4 Å². The van der Waals surface area contributed by atoms with Crippen LogP contribution in [0.4, 0.5) is 16.2 Å². The smallest absolute Gasteiger partial charge is 0.326 e. The van der Waals surface area contributed by atoms with E-state index in [2.05, 4.69) is 10.4 Å². The van der Waals surface area contributed by atoms with Crippen molar-refractivity contribution in [2.45, 2.75) is 38.8 Å². The summed E-state index contributed by atoms with van der Waals surface area (Å²) in [6.07, 6.45) is 4.34. The number of methoxy groups -OCH3 is 2. The second kappa shape index (κ2) is 9.51. The molecule has 1 aliphatic heterocycles. The minimum absolute atomic E-state index is 0.259. The zero-order chi connectivity index (χ0) is 21.6. The Balaban J connectivity index is 1.59. The highest BCUT2D eigenvalue weighted by atomic mass is 16.5. The van der Waals surface area contributed by atoms with E-state index in [-0.39, 0.29) is 12.6 Å². The van der Waals surface area contributed by atoms with Gasteiger partial charge in [0.15, 0.2) is 5.82 Å². The predicted molar refractivity (Wildman–Crippen MR) is 119 cm³/mol. The van der Waals surface area contributed by atoms with Crippen LogP contribution in [0.2, 0.25) is 0 Å². The normalized spacial score (nSPS) is 13.1. The first-order valence-corrected chi connectivity index (χ1v) is 10.5. The number of benzene rings is 2. The summed E-state index contributed by atoms with van der Waals surface area (Å²) in [5.74, 6) is 3.03. The second-order valence-corrected chi connectivity index (χ2v) is 7.42. The Hall–Kier alpha value is -3.55. The van der Waals surface area contributed by atoms with Crippen molar-refractivity contribution in [2.24, 2.45) is 0 Å². The number of hydrogen-bond acceptors (Lipinski definition) is 5. The molecule has 2 aromatic carbocycles. The van der Waals surface area contributed by atoms with E-state index in [1.807, 2.05) is 28.9 Å². The van der Waals surface area contributed by atoms with Crippen LogP contribution in [0, 0.1) is 0 Å². The molecule has 0 spiro atoms. The van der Waals surface area contributed by atoms with E-state index in [0.29, 0.717) is 22.9 Å². The highest BCUT2D eigenvalue weighted by Crippen LogP contribution is 2.24. The van der Waals surface area contributed by atoms with Gasteiger partial charge < -0.3 is 14.8 Å². The average Bonchev–Trinajstić information content (AvgIpc) is 3.06. The number of nitrogens with zero attached hydrogens (tertiary/aromatic N) is 4. The minimum Gasteiger partial charge on any atom is -0.497 e. The molecule has 2 amide bonds. The van der Waals surface area contributed by atoms with E-state index in [1.54, 1.807) is 43.4 Å². The number of urea groups is 1. The zero-order valence-electron chi connectivity index (χ0n) is 17.9. The zero-order valence-corrected chi connectivity index (χ0v) is 17.9. The molecule has 1 aromatic heterocycles. The van der Waals surface area contributed by atoms with Gasteiger partial charge in [-0.15, -0.1) is 0 Å². The van der Waals surface area contributed by atoms with Crippen molar-refractivity contribution >= 4 is 17.4 Å². The minimum atomic E-state index is -0.275. The number of aryl methyl sites for hydroxylation is 2. The van der Waals surface area contributed by atoms with Crippen LogP contribution in [-0.2, 0) is 19.5 Å². The van der Waals surface area contributed by atoms with Gasteiger partial charge in [0.2, 0.25) is 0 Å². The molecule has 162 valence electrons. The van der Waals surface area contributed by atoms with Gasteiger partial charge in [-0.05, 0) is 49.2 Å². The van der Waals surface area contributed by atoms with Gasteiger partial charge in [-0.2, -0.15) is 5.10 Å². The summed E-state index contributed by atoms with van der Waals surface area (Å²) in [7, 11) is 3.21. The first-order chi connectivity index (χ1) is 15.2. The highest BCUT2D eigenvalue weighted by molar-refractivity contribution is 6.01. The third-order valence-corrected chi connectivity index (χ3v) is 5.31.